The first-order valence-electron chi connectivity index (χ1n) is 4.38. The second kappa shape index (κ2) is 1.76. The van der Waals surface area contributed by atoms with Crippen molar-refractivity contribution in [3.63, 3.8) is 0 Å². The van der Waals surface area contributed by atoms with Gasteiger partial charge in [-0.05, 0) is 36.5 Å². The molecule has 0 heterocycles. The molecule has 2 N–H and O–H groups in total. The first-order valence-corrected chi connectivity index (χ1v) is 4.38. The summed E-state index contributed by atoms with van der Waals surface area (Å²) in [6, 6.07) is 0.514. The van der Waals surface area contributed by atoms with Crippen molar-refractivity contribution < 1.29 is 0 Å². The van der Waals surface area contributed by atoms with Gasteiger partial charge in [0.15, 0.2) is 0 Å². The molecule has 3 aliphatic carbocycles. The van der Waals surface area contributed by atoms with Gasteiger partial charge < -0.3 is 5.73 Å². The van der Waals surface area contributed by atoms with E-state index in [1.54, 1.807) is 0 Å². The molecule has 0 aromatic heterocycles. The van der Waals surface area contributed by atoms with Gasteiger partial charge in [-0.3, -0.25) is 0 Å². The van der Waals surface area contributed by atoms with Crippen LogP contribution < -0.4 is 5.73 Å². The Morgan fingerprint density at radius 1 is 1.30 bits per heavy atom. The van der Waals surface area contributed by atoms with Gasteiger partial charge in [0, 0.05) is 6.04 Å². The van der Waals surface area contributed by atoms with Crippen LogP contribution in [0.25, 0.3) is 0 Å². The van der Waals surface area contributed by atoms with Crippen LogP contribution in [-0.4, -0.2) is 6.04 Å². The number of nitrogens with two attached hydrogens (primary N) is 1. The third kappa shape index (κ3) is 0.619. The van der Waals surface area contributed by atoms with Crippen molar-refractivity contribution in [3.8, 4) is 0 Å². The highest BCUT2D eigenvalue weighted by Gasteiger charge is 2.53. The van der Waals surface area contributed by atoms with Gasteiger partial charge in [0.2, 0.25) is 0 Å². The molecule has 3 fully saturated rings. The monoisotopic (exact) mass is 139 g/mol. The molecule has 3 aliphatic rings. The van der Waals surface area contributed by atoms with Crippen LogP contribution in [0.5, 0.6) is 0 Å². The summed E-state index contributed by atoms with van der Waals surface area (Å²) >= 11 is 0. The third-order valence-corrected chi connectivity index (χ3v) is 3.91. The summed E-state index contributed by atoms with van der Waals surface area (Å²) in [6.07, 6.45) is 4.07. The lowest BCUT2D eigenvalue weighted by molar-refractivity contribution is -0.0777. The summed E-state index contributed by atoms with van der Waals surface area (Å²) in [5.74, 6) is 1.84. The Kier molecular flexibility index (Phi) is 1.17. The molecule has 0 aliphatic heterocycles. The molecule has 1 nitrogen and oxygen atoms in total. The number of hydrogen-bond acceptors (Lipinski definition) is 1. The molecule has 3 rings (SSSR count). The summed E-state index contributed by atoms with van der Waals surface area (Å²) in [7, 11) is 0. The highest BCUT2D eigenvalue weighted by Crippen LogP contribution is 2.58. The van der Waals surface area contributed by atoms with E-state index >= 15 is 0 Å². The molecule has 58 valence electrons. The van der Waals surface area contributed by atoms with Crippen molar-refractivity contribution in [3.05, 3.63) is 0 Å². The van der Waals surface area contributed by atoms with E-state index in [0.29, 0.717) is 11.5 Å². The number of rotatable bonds is 0. The van der Waals surface area contributed by atoms with Gasteiger partial charge in [-0.25, -0.2) is 0 Å². The second-order valence-electron chi connectivity index (χ2n) is 4.60. The number of hydrogen-bond donors (Lipinski definition) is 1. The van der Waals surface area contributed by atoms with E-state index in [1.165, 1.54) is 19.3 Å². The lowest BCUT2D eigenvalue weighted by Crippen LogP contribution is -2.57. The lowest BCUT2D eigenvalue weighted by atomic mass is 9.47. The summed E-state index contributed by atoms with van der Waals surface area (Å²) in [5.41, 5.74) is 6.57. The van der Waals surface area contributed by atoms with Crippen molar-refractivity contribution in [1.82, 2.24) is 0 Å². The van der Waals surface area contributed by atoms with Crippen LogP contribution in [-0.2, 0) is 0 Å². The summed E-state index contributed by atoms with van der Waals surface area (Å²) in [6.45, 7) is 4.76. The molecule has 0 radical (unpaired) electrons. The standard InChI is InChI=1S/C9H17N/c1-9(2)6-3-4-8(10)7(9)5-6/h6-8H,3-5,10H2,1-2H3/t6-,7-,8-/m0/s1. The first kappa shape index (κ1) is 6.66. The van der Waals surface area contributed by atoms with E-state index in [1.807, 2.05) is 0 Å². The summed E-state index contributed by atoms with van der Waals surface area (Å²) < 4.78 is 0. The molecule has 1 heteroatoms. The third-order valence-electron chi connectivity index (χ3n) is 3.91. The van der Waals surface area contributed by atoms with Gasteiger partial charge in [-0.15, -0.1) is 0 Å². The summed E-state index contributed by atoms with van der Waals surface area (Å²) in [5, 5.41) is 0. The van der Waals surface area contributed by atoms with Gasteiger partial charge in [-0.1, -0.05) is 13.8 Å². The average Bonchev–Trinajstić information content (AvgIpc) is 1.87. The zero-order chi connectivity index (χ0) is 7.35. The van der Waals surface area contributed by atoms with Crippen molar-refractivity contribution in [2.75, 3.05) is 0 Å². The van der Waals surface area contributed by atoms with E-state index in [-0.39, 0.29) is 0 Å². The minimum absolute atomic E-state index is 0.514. The topological polar surface area (TPSA) is 26.0 Å². The molecule has 10 heavy (non-hydrogen) atoms. The van der Waals surface area contributed by atoms with Crippen LogP contribution in [0.3, 0.4) is 0 Å². The van der Waals surface area contributed by atoms with Gasteiger partial charge in [0.1, 0.15) is 0 Å². The highest BCUT2D eigenvalue weighted by molar-refractivity contribution is 5.04. The maximum Gasteiger partial charge on any atom is 0.00725 e. The molecule has 3 saturated carbocycles. The fourth-order valence-corrected chi connectivity index (χ4v) is 2.87. The normalized spacial score (nSPS) is 50.1. The molecule has 0 unspecified atom stereocenters. The Morgan fingerprint density at radius 3 is 2.30 bits per heavy atom. The smallest absolute Gasteiger partial charge is 0.00725 e. The van der Waals surface area contributed by atoms with Crippen LogP contribution in [0.2, 0.25) is 0 Å². The zero-order valence-electron chi connectivity index (χ0n) is 6.93. The molecule has 2 bridgehead atoms. The Balaban J connectivity index is 2.16. The van der Waals surface area contributed by atoms with Crippen LogP contribution >= 0.6 is 0 Å². The second-order valence-corrected chi connectivity index (χ2v) is 4.60. The van der Waals surface area contributed by atoms with E-state index in [4.69, 9.17) is 5.73 Å². The molecule has 0 amide bonds. The molecule has 0 saturated heterocycles. The van der Waals surface area contributed by atoms with Gasteiger partial charge >= 0.3 is 0 Å². The van der Waals surface area contributed by atoms with Crippen molar-refractivity contribution in [2.24, 2.45) is 23.0 Å². The molecule has 3 atom stereocenters. The maximum atomic E-state index is 5.99. The van der Waals surface area contributed by atoms with E-state index in [2.05, 4.69) is 13.8 Å². The molecular weight excluding hydrogens is 122 g/mol. The van der Waals surface area contributed by atoms with Gasteiger partial charge in [0.05, 0.1) is 0 Å². The maximum absolute atomic E-state index is 5.99. The lowest BCUT2D eigenvalue weighted by Gasteiger charge is -2.59. The van der Waals surface area contributed by atoms with Crippen LogP contribution in [0.15, 0.2) is 0 Å². The largest absolute Gasteiger partial charge is 0.327 e. The summed E-state index contributed by atoms with van der Waals surface area (Å²) in [4.78, 5) is 0. The molecule has 0 aromatic rings. The number of fused-ring (bicyclic) bond motifs is 2. The Morgan fingerprint density at radius 2 is 2.00 bits per heavy atom. The highest BCUT2D eigenvalue weighted by atomic mass is 14.7. The fourth-order valence-electron chi connectivity index (χ4n) is 2.87. The predicted molar refractivity (Wildman–Crippen MR) is 42.6 cm³/mol. The minimum atomic E-state index is 0.514. The quantitative estimate of drug-likeness (QED) is 0.544. The van der Waals surface area contributed by atoms with E-state index in [0.717, 1.165) is 11.8 Å². The Labute approximate surface area is 63.0 Å². The van der Waals surface area contributed by atoms with Gasteiger partial charge in [-0.2, -0.15) is 0 Å². The van der Waals surface area contributed by atoms with Crippen molar-refractivity contribution in [2.45, 2.75) is 39.2 Å². The van der Waals surface area contributed by atoms with Crippen LogP contribution in [0.4, 0.5) is 0 Å². The molecule has 0 spiro atoms. The average molecular weight is 139 g/mol. The Bertz CT molecular complexity index is 149. The van der Waals surface area contributed by atoms with Crippen LogP contribution in [0.1, 0.15) is 33.1 Å². The predicted octanol–water partition coefficient (Wildman–Crippen LogP) is 1.77. The molecular formula is C9H17N. The fraction of sp³-hybridized carbons (Fsp3) is 1.00. The van der Waals surface area contributed by atoms with Crippen molar-refractivity contribution in [1.29, 1.82) is 0 Å². The van der Waals surface area contributed by atoms with Gasteiger partial charge in [0.25, 0.3) is 0 Å². The Hall–Kier alpha value is -0.0400. The SMILES string of the molecule is CC1(C)[C@H]2CC[C@H](N)[C@@H]1C2. The molecule has 0 aromatic carbocycles. The minimum Gasteiger partial charge on any atom is -0.327 e. The first-order chi connectivity index (χ1) is 4.62. The zero-order valence-corrected chi connectivity index (χ0v) is 6.93. The van der Waals surface area contributed by atoms with Crippen molar-refractivity contribution >= 4 is 0 Å². The van der Waals surface area contributed by atoms with E-state index < -0.39 is 0 Å². The van der Waals surface area contributed by atoms with E-state index in [9.17, 15) is 0 Å². The van der Waals surface area contributed by atoms with Crippen LogP contribution in [0, 0.1) is 17.3 Å².